The van der Waals surface area contributed by atoms with Crippen molar-refractivity contribution in [1.29, 1.82) is 0 Å². The van der Waals surface area contributed by atoms with E-state index in [0.717, 1.165) is 12.1 Å². The minimum absolute atomic E-state index is 0.0632. The van der Waals surface area contributed by atoms with Gasteiger partial charge in [0.25, 0.3) is 0 Å². The van der Waals surface area contributed by atoms with E-state index in [2.05, 4.69) is 39.2 Å². The number of rotatable bonds is 3. The number of fused-ring (bicyclic) bond motifs is 1. The fraction of sp³-hybridized carbons (Fsp3) is 0.167. The van der Waals surface area contributed by atoms with Crippen molar-refractivity contribution in [2.45, 2.75) is 12.5 Å². The monoisotopic (exact) mass is 261 g/mol. The molecule has 17 heavy (non-hydrogen) atoms. The lowest BCUT2D eigenvalue weighted by Crippen LogP contribution is -2.13. The van der Waals surface area contributed by atoms with Crippen LogP contribution in [0.3, 0.4) is 0 Å². The molecular weight excluding hydrogens is 250 g/mol. The van der Waals surface area contributed by atoms with Crippen molar-refractivity contribution < 1.29 is 0 Å². The second-order valence-corrected chi connectivity index (χ2v) is 5.42. The topological polar surface area (TPSA) is 51.8 Å². The van der Waals surface area contributed by atoms with Gasteiger partial charge in [-0.3, -0.25) is 0 Å². The van der Waals surface area contributed by atoms with E-state index in [1.54, 1.807) is 11.3 Å². The number of hydrogen-bond acceptors (Lipinski definition) is 5. The summed E-state index contributed by atoms with van der Waals surface area (Å²) in [5.41, 5.74) is 8.31. The van der Waals surface area contributed by atoms with Crippen LogP contribution in [0.15, 0.2) is 35.0 Å². The Morgan fingerprint density at radius 2 is 2.12 bits per heavy atom. The van der Waals surface area contributed by atoms with Crippen LogP contribution in [0, 0.1) is 0 Å². The quantitative estimate of drug-likeness (QED) is 0.788. The van der Waals surface area contributed by atoms with Gasteiger partial charge in [-0.15, -0.1) is 16.4 Å². The number of nitrogens with two attached hydrogens (primary N) is 1. The first kappa shape index (κ1) is 10.8. The Bertz CT molecular complexity index is 616. The van der Waals surface area contributed by atoms with E-state index in [0.29, 0.717) is 0 Å². The Morgan fingerprint density at radius 1 is 1.24 bits per heavy atom. The zero-order chi connectivity index (χ0) is 11.7. The first-order valence-corrected chi connectivity index (χ1v) is 7.04. The lowest BCUT2D eigenvalue weighted by atomic mass is 10.0. The number of nitrogens with zero attached hydrogens (tertiary/aromatic N) is 2. The standard InChI is InChI=1S/C12H11N3S2/c13-10(11-7-17-15-14-11)5-8-6-16-12-4-2-1-3-9(8)12/h1-4,6-7,10H,5,13H2. The van der Waals surface area contributed by atoms with Gasteiger partial charge in [-0.2, -0.15) is 0 Å². The molecule has 0 saturated heterocycles. The highest BCUT2D eigenvalue weighted by Crippen LogP contribution is 2.28. The molecule has 0 saturated carbocycles. The Balaban J connectivity index is 1.90. The van der Waals surface area contributed by atoms with Crippen LogP contribution in [0.25, 0.3) is 10.1 Å². The van der Waals surface area contributed by atoms with E-state index in [-0.39, 0.29) is 6.04 Å². The molecule has 0 aliphatic heterocycles. The van der Waals surface area contributed by atoms with E-state index < -0.39 is 0 Å². The smallest absolute Gasteiger partial charge is 0.0925 e. The van der Waals surface area contributed by atoms with Crippen molar-refractivity contribution in [1.82, 2.24) is 9.59 Å². The number of aromatic nitrogens is 2. The fourth-order valence-corrected chi connectivity index (χ4v) is 3.36. The number of benzene rings is 1. The molecule has 3 rings (SSSR count). The van der Waals surface area contributed by atoms with Crippen LogP contribution in [0.5, 0.6) is 0 Å². The predicted molar refractivity (Wildman–Crippen MR) is 72.4 cm³/mol. The highest BCUT2D eigenvalue weighted by molar-refractivity contribution is 7.17. The maximum absolute atomic E-state index is 6.13. The Morgan fingerprint density at radius 3 is 2.94 bits per heavy atom. The molecule has 1 atom stereocenters. The van der Waals surface area contributed by atoms with Crippen LogP contribution < -0.4 is 5.73 Å². The summed E-state index contributed by atoms with van der Waals surface area (Å²) in [7, 11) is 0. The van der Waals surface area contributed by atoms with Gasteiger partial charge in [0.1, 0.15) is 0 Å². The molecule has 1 unspecified atom stereocenters. The van der Waals surface area contributed by atoms with Crippen LogP contribution in [0.2, 0.25) is 0 Å². The van der Waals surface area contributed by atoms with Crippen molar-refractivity contribution >= 4 is 33.0 Å². The third-order valence-corrected chi connectivity index (χ3v) is 4.29. The largest absolute Gasteiger partial charge is 0.322 e. The summed E-state index contributed by atoms with van der Waals surface area (Å²) in [4.78, 5) is 0. The number of thiophene rings is 1. The normalized spacial score (nSPS) is 13.0. The molecule has 5 heteroatoms. The second-order valence-electron chi connectivity index (χ2n) is 3.90. The van der Waals surface area contributed by atoms with Crippen LogP contribution in [0.4, 0.5) is 0 Å². The molecule has 0 aliphatic rings. The predicted octanol–water partition coefficient (Wildman–Crippen LogP) is 3.00. The molecular formula is C12H11N3S2. The number of hydrogen-bond donors (Lipinski definition) is 1. The first-order chi connectivity index (χ1) is 8.34. The van der Waals surface area contributed by atoms with Crippen molar-refractivity contribution in [2.24, 2.45) is 5.73 Å². The third-order valence-electron chi connectivity index (χ3n) is 2.76. The molecule has 0 amide bonds. The van der Waals surface area contributed by atoms with E-state index in [1.807, 2.05) is 5.38 Å². The van der Waals surface area contributed by atoms with E-state index in [4.69, 9.17) is 5.73 Å². The SMILES string of the molecule is NC(Cc1csc2ccccc12)c1csnn1. The Kier molecular flexibility index (Phi) is 2.88. The molecule has 0 fully saturated rings. The molecule has 2 heterocycles. The van der Waals surface area contributed by atoms with Gasteiger partial charge in [0.15, 0.2) is 0 Å². The lowest BCUT2D eigenvalue weighted by molar-refractivity contribution is 0.696. The van der Waals surface area contributed by atoms with Gasteiger partial charge in [0, 0.05) is 10.1 Å². The van der Waals surface area contributed by atoms with Crippen molar-refractivity contribution in [3.8, 4) is 0 Å². The average Bonchev–Trinajstić information content (AvgIpc) is 2.98. The molecule has 3 aromatic rings. The Hall–Kier alpha value is -1.30. The molecule has 2 aromatic heterocycles. The zero-order valence-electron chi connectivity index (χ0n) is 9.04. The minimum atomic E-state index is -0.0632. The maximum Gasteiger partial charge on any atom is 0.0925 e. The zero-order valence-corrected chi connectivity index (χ0v) is 10.7. The molecule has 86 valence electrons. The van der Waals surface area contributed by atoms with Crippen LogP contribution in [-0.2, 0) is 6.42 Å². The fourth-order valence-electron chi connectivity index (χ4n) is 1.87. The van der Waals surface area contributed by atoms with Crippen LogP contribution in [0.1, 0.15) is 17.3 Å². The molecule has 3 nitrogen and oxygen atoms in total. The van der Waals surface area contributed by atoms with Gasteiger partial charge in [0.2, 0.25) is 0 Å². The average molecular weight is 261 g/mol. The van der Waals surface area contributed by atoms with Crippen molar-refractivity contribution in [3.05, 3.63) is 46.3 Å². The summed E-state index contributed by atoms with van der Waals surface area (Å²) < 4.78 is 5.16. The molecule has 0 radical (unpaired) electrons. The summed E-state index contributed by atoms with van der Waals surface area (Å²) in [5.74, 6) is 0. The van der Waals surface area contributed by atoms with Gasteiger partial charge in [-0.05, 0) is 40.3 Å². The maximum atomic E-state index is 6.13. The summed E-state index contributed by atoms with van der Waals surface area (Å²) in [6.07, 6.45) is 0.815. The molecule has 0 aliphatic carbocycles. The second kappa shape index (κ2) is 4.52. The lowest BCUT2D eigenvalue weighted by Gasteiger charge is -2.06. The van der Waals surface area contributed by atoms with Crippen LogP contribution in [-0.4, -0.2) is 9.59 Å². The molecule has 1 aromatic carbocycles. The van der Waals surface area contributed by atoms with Crippen LogP contribution >= 0.6 is 22.9 Å². The Labute approximate surface area is 107 Å². The minimum Gasteiger partial charge on any atom is -0.322 e. The van der Waals surface area contributed by atoms with Crippen molar-refractivity contribution in [2.75, 3.05) is 0 Å². The molecule has 0 bridgehead atoms. The van der Waals surface area contributed by atoms with Gasteiger partial charge in [-0.1, -0.05) is 22.7 Å². The van der Waals surface area contributed by atoms with Gasteiger partial charge in [0.05, 0.1) is 11.7 Å². The summed E-state index contributed by atoms with van der Waals surface area (Å²) in [6, 6.07) is 8.35. The van der Waals surface area contributed by atoms with E-state index >= 15 is 0 Å². The first-order valence-electron chi connectivity index (χ1n) is 5.32. The summed E-state index contributed by atoms with van der Waals surface area (Å²) >= 11 is 3.11. The molecule has 0 spiro atoms. The van der Waals surface area contributed by atoms with E-state index in [9.17, 15) is 0 Å². The van der Waals surface area contributed by atoms with Gasteiger partial charge in [-0.25, -0.2) is 0 Å². The highest BCUT2D eigenvalue weighted by Gasteiger charge is 2.12. The summed E-state index contributed by atoms with van der Waals surface area (Å²) in [6.45, 7) is 0. The third kappa shape index (κ3) is 2.09. The van der Waals surface area contributed by atoms with Gasteiger partial charge < -0.3 is 5.73 Å². The highest BCUT2D eigenvalue weighted by atomic mass is 32.1. The van der Waals surface area contributed by atoms with Gasteiger partial charge >= 0.3 is 0 Å². The summed E-state index contributed by atoms with van der Waals surface area (Å²) in [5, 5.41) is 9.43. The molecule has 2 N–H and O–H groups in total. The van der Waals surface area contributed by atoms with E-state index in [1.165, 1.54) is 27.2 Å². The van der Waals surface area contributed by atoms with Crippen molar-refractivity contribution in [3.63, 3.8) is 0 Å².